The van der Waals surface area contributed by atoms with E-state index in [4.69, 9.17) is 14.3 Å². The summed E-state index contributed by atoms with van der Waals surface area (Å²) in [5.41, 5.74) is 1.43. The van der Waals surface area contributed by atoms with Gasteiger partial charge in [0.1, 0.15) is 23.3 Å². The van der Waals surface area contributed by atoms with Crippen LogP contribution in [0.25, 0.3) is 11.0 Å². The number of carboxylic acid groups (broad SMARTS) is 1. The Balaban J connectivity index is 2.77. The molecule has 0 aliphatic heterocycles. The maximum atomic E-state index is 12.4. The number of aliphatic hydroxyl groups is 1. The lowest BCUT2D eigenvalue weighted by Gasteiger charge is -2.15. The molecule has 1 aromatic carbocycles. The average Bonchev–Trinajstić information content (AvgIpc) is 2.47. The first-order chi connectivity index (χ1) is 10.8. The van der Waals surface area contributed by atoms with Crippen LogP contribution in [0.4, 0.5) is 0 Å². The first kappa shape index (κ1) is 17.0. The van der Waals surface area contributed by atoms with Crippen LogP contribution in [0.1, 0.15) is 41.9 Å². The second-order valence-electron chi connectivity index (χ2n) is 5.56. The molecule has 0 saturated heterocycles. The Morgan fingerprint density at radius 3 is 2.65 bits per heavy atom. The van der Waals surface area contributed by atoms with E-state index in [1.807, 2.05) is 13.8 Å². The number of benzene rings is 1. The van der Waals surface area contributed by atoms with E-state index in [1.165, 1.54) is 0 Å². The van der Waals surface area contributed by atoms with E-state index in [1.54, 1.807) is 13.0 Å². The molecule has 0 fully saturated rings. The molecule has 1 heterocycles. The number of fused-ring (bicyclic) bond motifs is 1. The molecule has 1 unspecified atom stereocenters. The monoisotopic (exact) mass is 320 g/mol. The molecule has 0 radical (unpaired) electrons. The Bertz CT molecular complexity index is 788. The Morgan fingerprint density at radius 2 is 2.09 bits per heavy atom. The standard InChI is InChI=1S/C17H20O6/c1-4-5-11-9(2)6-13(22-8-10(3)18)15-12(19)7-14(17(20)21)23-16(11)15/h6-7,10,18H,4-5,8H2,1-3H3,(H,20,21). The summed E-state index contributed by atoms with van der Waals surface area (Å²) >= 11 is 0. The third-order valence-electron chi connectivity index (χ3n) is 3.48. The van der Waals surface area contributed by atoms with Crippen LogP contribution in [0.2, 0.25) is 0 Å². The summed E-state index contributed by atoms with van der Waals surface area (Å²) in [5, 5.41) is 18.7. The Hall–Kier alpha value is -2.34. The van der Waals surface area contributed by atoms with E-state index in [-0.39, 0.29) is 17.6 Å². The molecule has 6 nitrogen and oxygen atoms in total. The van der Waals surface area contributed by atoms with Gasteiger partial charge in [0.25, 0.3) is 0 Å². The van der Waals surface area contributed by atoms with Crippen LogP contribution in [0, 0.1) is 6.92 Å². The fourth-order valence-corrected chi connectivity index (χ4v) is 2.46. The van der Waals surface area contributed by atoms with E-state index in [0.717, 1.165) is 23.6 Å². The molecule has 124 valence electrons. The summed E-state index contributed by atoms with van der Waals surface area (Å²) in [4.78, 5) is 23.5. The molecule has 1 aromatic heterocycles. The van der Waals surface area contributed by atoms with Crippen molar-refractivity contribution in [3.05, 3.63) is 39.2 Å². The highest BCUT2D eigenvalue weighted by molar-refractivity contribution is 5.91. The van der Waals surface area contributed by atoms with Gasteiger partial charge in [0.05, 0.1) is 6.10 Å². The van der Waals surface area contributed by atoms with Crippen molar-refractivity contribution in [2.24, 2.45) is 0 Å². The van der Waals surface area contributed by atoms with Crippen LogP contribution in [-0.4, -0.2) is 28.9 Å². The summed E-state index contributed by atoms with van der Waals surface area (Å²) in [6.07, 6.45) is 0.793. The normalized spacial score (nSPS) is 12.3. The van der Waals surface area contributed by atoms with E-state index < -0.39 is 23.3 Å². The van der Waals surface area contributed by atoms with Gasteiger partial charge in [-0.05, 0) is 37.5 Å². The van der Waals surface area contributed by atoms with Crippen LogP contribution in [-0.2, 0) is 6.42 Å². The van der Waals surface area contributed by atoms with Gasteiger partial charge in [0.2, 0.25) is 5.76 Å². The summed E-state index contributed by atoms with van der Waals surface area (Å²) in [5.74, 6) is -1.39. The predicted molar refractivity (Wildman–Crippen MR) is 85.4 cm³/mol. The fourth-order valence-electron chi connectivity index (χ4n) is 2.46. The Morgan fingerprint density at radius 1 is 1.39 bits per heavy atom. The first-order valence-electron chi connectivity index (χ1n) is 7.49. The van der Waals surface area contributed by atoms with Crippen molar-refractivity contribution >= 4 is 16.9 Å². The summed E-state index contributed by atoms with van der Waals surface area (Å²) in [6, 6.07) is 2.68. The second-order valence-corrected chi connectivity index (χ2v) is 5.56. The Labute approximate surface area is 133 Å². The molecule has 1 atom stereocenters. The lowest BCUT2D eigenvalue weighted by atomic mass is 10.00. The molecule has 6 heteroatoms. The Kier molecular flexibility index (Phi) is 5.05. The lowest BCUT2D eigenvalue weighted by Crippen LogP contribution is -2.15. The van der Waals surface area contributed by atoms with Crippen LogP contribution >= 0.6 is 0 Å². The van der Waals surface area contributed by atoms with Gasteiger partial charge < -0.3 is 19.4 Å². The van der Waals surface area contributed by atoms with E-state index in [0.29, 0.717) is 12.2 Å². The van der Waals surface area contributed by atoms with Crippen LogP contribution in [0.3, 0.4) is 0 Å². The maximum absolute atomic E-state index is 12.4. The zero-order valence-corrected chi connectivity index (χ0v) is 13.4. The number of ether oxygens (including phenoxy) is 1. The molecular formula is C17H20O6. The van der Waals surface area contributed by atoms with Gasteiger partial charge in [-0.3, -0.25) is 4.79 Å². The lowest BCUT2D eigenvalue weighted by molar-refractivity contribution is 0.0663. The average molecular weight is 320 g/mol. The highest BCUT2D eigenvalue weighted by Crippen LogP contribution is 2.31. The minimum Gasteiger partial charge on any atom is -0.490 e. The zero-order chi connectivity index (χ0) is 17.1. The molecular weight excluding hydrogens is 300 g/mol. The first-order valence-corrected chi connectivity index (χ1v) is 7.49. The molecule has 0 bridgehead atoms. The molecule has 2 rings (SSSR count). The van der Waals surface area contributed by atoms with Gasteiger partial charge in [-0.2, -0.15) is 0 Å². The smallest absolute Gasteiger partial charge is 0.371 e. The molecule has 0 amide bonds. The van der Waals surface area contributed by atoms with E-state index >= 15 is 0 Å². The third kappa shape index (κ3) is 3.53. The summed E-state index contributed by atoms with van der Waals surface area (Å²) in [7, 11) is 0. The SMILES string of the molecule is CCCc1c(C)cc(OCC(C)O)c2c(=O)cc(C(=O)O)oc12. The van der Waals surface area contributed by atoms with Crippen molar-refractivity contribution < 1.29 is 24.2 Å². The quantitative estimate of drug-likeness (QED) is 0.849. The number of aryl methyl sites for hydroxylation is 2. The minimum atomic E-state index is -1.29. The van der Waals surface area contributed by atoms with Crippen molar-refractivity contribution in [3.63, 3.8) is 0 Å². The van der Waals surface area contributed by atoms with Gasteiger partial charge in [-0.1, -0.05) is 13.3 Å². The van der Waals surface area contributed by atoms with Crippen molar-refractivity contribution in [2.45, 2.75) is 39.7 Å². The number of hydrogen-bond donors (Lipinski definition) is 2. The summed E-state index contributed by atoms with van der Waals surface area (Å²) < 4.78 is 11.0. The minimum absolute atomic E-state index is 0.0296. The van der Waals surface area contributed by atoms with Gasteiger partial charge in [-0.25, -0.2) is 4.79 Å². The van der Waals surface area contributed by atoms with Crippen LogP contribution in [0.15, 0.2) is 21.3 Å². The molecule has 0 aliphatic carbocycles. The van der Waals surface area contributed by atoms with Gasteiger partial charge in [0, 0.05) is 6.07 Å². The van der Waals surface area contributed by atoms with Crippen molar-refractivity contribution in [1.82, 2.24) is 0 Å². The number of aliphatic hydroxyl groups excluding tert-OH is 1. The third-order valence-corrected chi connectivity index (χ3v) is 3.48. The topological polar surface area (TPSA) is 97.0 Å². The summed E-state index contributed by atoms with van der Waals surface area (Å²) in [6.45, 7) is 5.45. The molecule has 2 aromatic rings. The predicted octanol–water partition coefficient (Wildman–Crippen LogP) is 2.51. The number of aromatic carboxylic acids is 1. The van der Waals surface area contributed by atoms with Crippen molar-refractivity contribution in [3.8, 4) is 5.75 Å². The van der Waals surface area contributed by atoms with E-state index in [9.17, 15) is 14.7 Å². The zero-order valence-electron chi connectivity index (χ0n) is 13.4. The molecule has 0 saturated carbocycles. The maximum Gasteiger partial charge on any atom is 0.371 e. The van der Waals surface area contributed by atoms with Crippen molar-refractivity contribution in [2.75, 3.05) is 6.61 Å². The number of carbonyl (C=O) groups is 1. The van der Waals surface area contributed by atoms with Gasteiger partial charge >= 0.3 is 5.97 Å². The molecule has 2 N–H and O–H groups in total. The van der Waals surface area contributed by atoms with Gasteiger partial charge in [-0.15, -0.1) is 0 Å². The number of hydrogen-bond acceptors (Lipinski definition) is 5. The number of rotatable bonds is 6. The highest BCUT2D eigenvalue weighted by atomic mass is 16.5. The molecule has 0 aliphatic rings. The molecule has 0 spiro atoms. The highest BCUT2D eigenvalue weighted by Gasteiger charge is 2.19. The number of carboxylic acids is 1. The van der Waals surface area contributed by atoms with Crippen LogP contribution in [0.5, 0.6) is 5.75 Å². The van der Waals surface area contributed by atoms with Crippen molar-refractivity contribution in [1.29, 1.82) is 0 Å². The second kappa shape index (κ2) is 6.83. The van der Waals surface area contributed by atoms with Gasteiger partial charge in [0.15, 0.2) is 5.43 Å². The van der Waals surface area contributed by atoms with E-state index in [2.05, 4.69) is 0 Å². The molecule has 23 heavy (non-hydrogen) atoms. The fraction of sp³-hybridized carbons (Fsp3) is 0.412. The largest absolute Gasteiger partial charge is 0.490 e. The van der Waals surface area contributed by atoms with Crippen LogP contribution < -0.4 is 10.2 Å².